The molecule has 0 fully saturated rings. The van der Waals surface area contributed by atoms with Crippen molar-refractivity contribution >= 4 is 69.8 Å². The highest BCUT2D eigenvalue weighted by Gasteiger charge is 2.34. The first kappa shape index (κ1) is 16.3. The maximum absolute atomic E-state index is 11.6. The quantitative estimate of drug-likeness (QED) is 0.223. The number of alkyl halides is 2. The van der Waals surface area contributed by atoms with Crippen LogP contribution in [0.3, 0.4) is 0 Å². The summed E-state index contributed by atoms with van der Waals surface area (Å²) in [4.78, 5) is 0. The van der Waals surface area contributed by atoms with E-state index in [1.54, 1.807) is 30.3 Å². The van der Waals surface area contributed by atoms with E-state index in [-0.39, 0.29) is 10.0 Å². The first-order chi connectivity index (χ1) is 9.33. The summed E-state index contributed by atoms with van der Waals surface area (Å²) < 4.78 is -0.811. The molecule has 0 N–H and O–H groups in total. The summed E-state index contributed by atoms with van der Waals surface area (Å²) in [5.41, 5.74) is 0.366. The van der Waals surface area contributed by atoms with Crippen LogP contribution in [0, 0.1) is 5.21 Å². The fourth-order valence-corrected chi connectivity index (χ4v) is 3.89. The van der Waals surface area contributed by atoms with Crippen molar-refractivity contribution in [1.29, 1.82) is 0 Å². The zero-order valence-corrected chi connectivity index (χ0v) is 14.2. The van der Waals surface area contributed by atoms with Crippen LogP contribution in [-0.2, 0) is 3.67 Å². The highest BCUT2D eigenvalue weighted by molar-refractivity contribution is 8.02. The Bertz CT molecular complexity index is 650. The van der Waals surface area contributed by atoms with Gasteiger partial charge in [0.25, 0.3) is 5.03 Å². The monoisotopic (exact) mass is 387 g/mol. The average molecular weight is 390 g/mol. The Labute approximate surface area is 145 Å². The summed E-state index contributed by atoms with van der Waals surface area (Å²) in [6.07, 6.45) is 1.35. The lowest BCUT2D eigenvalue weighted by Crippen LogP contribution is -2.29. The molecular weight excluding hydrogens is 383 g/mol. The van der Waals surface area contributed by atoms with E-state index in [4.69, 9.17) is 58.0 Å². The summed E-state index contributed by atoms with van der Waals surface area (Å²) in [5, 5.41) is 12.6. The van der Waals surface area contributed by atoms with E-state index >= 15 is 0 Å². The third kappa shape index (κ3) is 3.41. The fourth-order valence-electron chi connectivity index (χ4n) is 1.43. The Kier molecular flexibility index (Phi) is 5.22. The highest BCUT2D eigenvalue weighted by Crippen LogP contribution is 2.51. The Balaban J connectivity index is 2.41. The molecule has 0 atom stereocenters. The highest BCUT2D eigenvalue weighted by atomic mass is 35.5. The number of pyridine rings is 1. The Morgan fingerprint density at radius 2 is 1.70 bits per heavy atom. The van der Waals surface area contributed by atoms with Gasteiger partial charge >= 0.3 is 0 Å². The molecule has 0 saturated carbocycles. The van der Waals surface area contributed by atoms with Gasteiger partial charge in [-0.1, -0.05) is 64.1 Å². The van der Waals surface area contributed by atoms with Gasteiger partial charge in [-0.25, -0.2) is 0 Å². The van der Waals surface area contributed by atoms with E-state index in [1.807, 2.05) is 0 Å². The maximum atomic E-state index is 11.6. The first-order valence-electron chi connectivity index (χ1n) is 5.22. The number of hydrogen-bond acceptors (Lipinski definition) is 2. The standard InChI is InChI=1S/C12H6Cl5NOS/c13-8-5-4-7(10(14)11(8)15)12(16,17)20-9-3-1-2-6-18(9)19/h1-6H. The van der Waals surface area contributed by atoms with Gasteiger partial charge in [0.15, 0.2) is 9.86 Å². The van der Waals surface area contributed by atoms with Gasteiger partial charge in [0, 0.05) is 17.7 Å². The molecule has 0 aliphatic carbocycles. The van der Waals surface area contributed by atoms with Gasteiger partial charge in [-0.2, -0.15) is 4.73 Å². The number of hydrogen-bond donors (Lipinski definition) is 0. The van der Waals surface area contributed by atoms with Crippen molar-refractivity contribution in [2.45, 2.75) is 8.69 Å². The molecule has 106 valence electrons. The van der Waals surface area contributed by atoms with Crippen molar-refractivity contribution in [3.63, 3.8) is 0 Å². The minimum Gasteiger partial charge on any atom is -0.618 e. The number of nitrogens with zero attached hydrogens (tertiary/aromatic N) is 1. The number of thioether (sulfide) groups is 1. The Morgan fingerprint density at radius 3 is 2.35 bits per heavy atom. The molecule has 0 bridgehead atoms. The summed E-state index contributed by atoms with van der Waals surface area (Å²) in [6, 6.07) is 8.02. The van der Waals surface area contributed by atoms with Gasteiger partial charge in [0.05, 0.1) is 15.1 Å². The largest absolute Gasteiger partial charge is 0.618 e. The third-order valence-electron chi connectivity index (χ3n) is 2.37. The Morgan fingerprint density at radius 1 is 1.00 bits per heavy atom. The van der Waals surface area contributed by atoms with Crippen molar-refractivity contribution < 1.29 is 4.73 Å². The normalized spacial score (nSPS) is 11.7. The SMILES string of the molecule is [O-][n+]1ccccc1SC(Cl)(Cl)c1ccc(Cl)c(Cl)c1Cl. The van der Waals surface area contributed by atoms with Gasteiger partial charge in [0.1, 0.15) is 0 Å². The predicted molar refractivity (Wildman–Crippen MR) is 86.1 cm³/mol. The lowest BCUT2D eigenvalue weighted by atomic mass is 10.2. The molecule has 2 nitrogen and oxygen atoms in total. The molecule has 1 aromatic carbocycles. The molecule has 0 unspecified atom stereocenters. The molecule has 2 rings (SSSR count). The fraction of sp³-hybridized carbons (Fsp3) is 0.0833. The molecule has 8 heteroatoms. The van der Waals surface area contributed by atoms with Crippen LogP contribution in [0.4, 0.5) is 0 Å². The topological polar surface area (TPSA) is 26.9 Å². The smallest absolute Gasteiger partial charge is 0.254 e. The van der Waals surface area contributed by atoms with Crippen LogP contribution in [0.2, 0.25) is 15.1 Å². The molecular formula is C12H6Cl5NOS. The molecule has 0 saturated heterocycles. The van der Waals surface area contributed by atoms with E-state index in [2.05, 4.69) is 0 Å². The van der Waals surface area contributed by atoms with E-state index < -0.39 is 3.67 Å². The van der Waals surface area contributed by atoms with Crippen molar-refractivity contribution in [1.82, 2.24) is 0 Å². The molecule has 0 aliphatic rings. The van der Waals surface area contributed by atoms with Crippen LogP contribution in [0.15, 0.2) is 41.6 Å². The van der Waals surface area contributed by atoms with Crippen LogP contribution < -0.4 is 4.73 Å². The van der Waals surface area contributed by atoms with Crippen LogP contribution in [0.25, 0.3) is 0 Å². The zero-order chi connectivity index (χ0) is 14.9. The van der Waals surface area contributed by atoms with Crippen molar-refractivity contribution in [2.75, 3.05) is 0 Å². The summed E-state index contributed by atoms with van der Waals surface area (Å²) in [6.45, 7) is 0. The molecule has 0 aliphatic heterocycles. The van der Waals surface area contributed by atoms with Crippen LogP contribution in [0.5, 0.6) is 0 Å². The Hall–Kier alpha value is -0.0300. The molecule has 1 aromatic heterocycles. The summed E-state index contributed by atoms with van der Waals surface area (Å²) in [7, 11) is 0. The summed E-state index contributed by atoms with van der Waals surface area (Å²) in [5.74, 6) is 0. The van der Waals surface area contributed by atoms with Gasteiger partial charge < -0.3 is 5.21 Å². The van der Waals surface area contributed by atoms with E-state index in [9.17, 15) is 5.21 Å². The van der Waals surface area contributed by atoms with Crippen LogP contribution in [-0.4, -0.2) is 0 Å². The predicted octanol–water partition coefficient (Wildman–Crippen LogP) is 5.66. The number of rotatable bonds is 3. The van der Waals surface area contributed by atoms with Gasteiger partial charge in [0.2, 0.25) is 0 Å². The van der Waals surface area contributed by atoms with E-state index in [1.165, 1.54) is 6.20 Å². The number of benzene rings is 1. The first-order valence-corrected chi connectivity index (χ1v) is 7.92. The second-order valence-corrected chi connectivity index (χ2v) is 7.88. The van der Waals surface area contributed by atoms with Crippen LogP contribution >= 0.6 is 69.8 Å². The molecule has 2 aromatic rings. The van der Waals surface area contributed by atoms with E-state index in [0.29, 0.717) is 20.3 Å². The minimum absolute atomic E-state index is 0.157. The van der Waals surface area contributed by atoms with Gasteiger partial charge in [-0.3, -0.25) is 0 Å². The van der Waals surface area contributed by atoms with Gasteiger partial charge in [-0.15, -0.1) is 0 Å². The molecule has 1 heterocycles. The second-order valence-electron chi connectivity index (χ2n) is 3.71. The second kappa shape index (κ2) is 6.39. The van der Waals surface area contributed by atoms with E-state index in [0.717, 1.165) is 11.8 Å². The van der Waals surface area contributed by atoms with Gasteiger partial charge in [-0.05, 0) is 23.9 Å². The van der Waals surface area contributed by atoms with Crippen LogP contribution in [0.1, 0.15) is 5.56 Å². The maximum Gasteiger partial charge on any atom is 0.254 e. The minimum atomic E-state index is -1.47. The van der Waals surface area contributed by atoms with Crippen molar-refractivity contribution in [3.8, 4) is 0 Å². The molecule has 0 amide bonds. The lowest BCUT2D eigenvalue weighted by molar-refractivity contribution is -0.645. The van der Waals surface area contributed by atoms with Crippen molar-refractivity contribution in [2.24, 2.45) is 0 Å². The van der Waals surface area contributed by atoms with Crippen molar-refractivity contribution in [3.05, 3.63) is 62.4 Å². The molecule has 0 radical (unpaired) electrons. The molecule has 20 heavy (non-hydrogen) atoms. The average Bonchev–Trinajstić information content (AvgIpc) is 2.38. The third-order valence-corrected chi connectivity index (χ3v) is 5.54. The number of aromatic nitrogens is 1. The lowest BCUT2D eigenvalue weighted by Gasteiger charge is -2.20. The number of halogens is 5. The zero-order valence-electron chi connectivity index (χ0n) is 9.62. The molecule has 0 spiro atoms. The summed E-state index contributed by atoms with van der Waals surface area (Å²) >= 11 is 31.5.